The van der Waals surface area contributed by atoms with E-state index < -0.39 is 0 Å². The summed E-state index contributed by atoms with van der Waals surface area (Å²) in [6.07, 6.45) is 3.25. The number of benzene rings is 1. The molecule has 2 heteroatoms. The summed E-state index contributed by atoms with van der Waals surface area (Å²) in [6, 6.07) is 7.12. The van der Waals surface area contributed by atoms with Gasteiger partial charge in [-0.2, -0.15) is 0 Å². The maximum atomic E-state index is 13.3. The lowest BCUT2D eigenvalue weighted by atomic mass is 9.91. The molecule has 76 valence electrons. The number of piperidine rings is 1. The lowest BCUT2D eigenvalue weighted by molar-refractivity contribution is 0.368. The molecule has 1 fully saturated rings. The van der Waals surface area contributed by atoms with Gasteiger partial charge in [0.15, 0.2) is 0 Å². The molecule has 0 aliphatic carbocycles. The Morgan fingerprint density at radius 1 is 1.21 bits per heavy atom. The summed E-state index contributed by atoms with van der Waals surface area (Å²) in [4.78, 5) is 0. The second kappa shape index (κ2) is 4.56. The van der Waals surface area contributed by atoms with Gasteiger partial charge in [0, 0.05) is 0 Å². The molecule has 1 heterocycles. The summed E-state index contributed by atoms with van der Waals surface area (Å²) in [5, 5.41) is 3.32. The number of rotatable bonds is 2. The van der Waals surface area contributed by atoms with Crippen LogP contribution in [0, 0.1) is 11.7 Å². The molecule has 0 amide bonds. The normalized spacial score (nSPS) is 18.4. The largest absolute Gasteiger partial charge is 0.317 e. The van der Waals surface area contributed by atoms with Crippen molar-refractivity contribution in [3.63, 3.8) is 0 Å². The molecule has 0 atom stereocenters. The quantitative estimate of drug-likeness (QED) is 0.760. The van der Waals surface area contributed by atoms with Gasteiger partial charge in [0.25, 0.3) is 0 Å². The van der Waals surface area contributed by atoms with E-state index in [0.717, 1.165) is 25.1 Å². The van der Waals surface area contributed by atoms with Crippen LogP contribution < -0.4 is 5.32 Å². The zero-order valence-corrected chi connectivity index (χ0v) is 8.30. The first kappa shape index (κ1) is 9.66. The fourth-order valence-corrected chi connectivity index (χ4v) is 2.06. The van der Waals surface area contributed by atoms with Crippen LogP contribution in [0.3, 0.4) is 0 Å². The molecule has 2 rings (SSSR count). The SMILES string of the molecule is Fc1ccccc1CC1CCNCC1. The van der Waals surface area contributed by atoms with E-state index in [4.69, 9.17) is 0 Å². The van der Waals surface area contributed by atoms with Crippen LogP contribution in [0.15, 0.2) is 24.3 Å². The van der Waals surface area contributed by atoms with Crippen LogP contribution >= 0.6 is 0 Å². The van der Waals surface area contributed by atoms with Crippen molar-refractivity contribution in [1.29, 1.82) is 0 Å². The second-order valence-electron chi connectivity index (χ2n) is 3.99. The predicted molar refractivity (Wildman–Crippen MR) is 55.7 cm³/mol. The molecule has 1 aromatic rings. The van der Waals surface area contributed by atoms with E-state index in [1.165, 1.54) is 12.8 Å². The average Bonchev–Trinajstić information content (AvgIpc) is 2.23. The maximum absolute atomic E-state index is 13.3. The van der Waals surface area contributed by atoms with Crippen LogP contribution in [0.25, 0.3) is 0 Å². The number of hydrogen-bond donors (Lipinski definition) is 1. The monoisotopic (exact) mass is 193 g/mol. The Morgan fingerprint density at radius 2 is 1.93 bits per heavy atom. The van der Waals surface area contributed by atoms with Crippen molar-refractivity contribution in [2.45, 2.75) is 19.3 Å². The smallest absolute Gasteiger partial charge is 0.126 e. The van der Waals surface area contributed by atoms with Gasteiger partial charge in [-0.15, -0.1) is 0 Å². The molecule has 1 N–H and O–H groups in total. The van der Waals surface area contributed by atoms with Gasteiger partial charge in [0.05, 0.1) is 0 Å². The Balaban J connectivity index is 1.99. The number of nitrogens with one attached hydrogen (secondary N) is 1. The Labute approximate surface area is 84.3 Å². The molecular formula is C12H16FN. The summed E-state index contributed by atoms with van der Waals surface area (Å²) in [7, 11) is 0. The molecule has 1 saturated heterocycles. The Morgan fingerprint density at radius 3 is 2.64 bits per heavy atom. The first-order chi connectivity index (χ1) is 6.86. The van der Waals surface area contributed by atoms with E-state index in [0.29, 0.717) is 5.92 Å². The van der Waals surface area contributed by atoms with Gasteiger partial charge < -0.3 is 5.32 Å². The van der Waals surface area contributed by atoms with Crippen molar-refractivity contribution in [3.8, 4) is 0 Å². The topological polar surface area (TPSA) is 12.0 Å². The fraction of sp³-hybridized carbons (Fsp3) is 0.500. The molecule has 0 bridgehead atoms. The first-order valence-corrected chi connectivity index (χ1v) is 5.30. The van der Waals surface area contributed by atoms with Crippen molar-refractivity contribution >= 4 is 0 Å². The third-order valence-corrected chi connectivity index (χ3v) is 2.93. The molecule has 0 aromatic heterocycles. The van der Waals surface area contributed by atoms with Gasteiger partial charge in [-0.05, 0) is 49.9 Å². The van der Waals surface area contributed by atoms with E-state index in [1.807, 2.05) is 12.1 Å². The average molecular weight is 193 g/mol. The van der Waals surface area contributed by atoms with Gasteiger partial charge in [-0.3, -0.25) is 0 Å². The Kier molecular flexibility index (Phi) is 3.14. The molecule has 0 spiro atoms. The third-order valence-electron chi connectivity index (χ3n) is 2.93. The zero-order chi connectivity index (χ0) is 9.80. The lowest BCUT2D eigenvalue weighted by Gasteiger charge is -2.22. The molecule has 1 aromatic carbocycles. The van der Waals surface area contributed by atoms with E-state index in [2.05, 4.69) is 5.32 Å². The van der Waals surface area contributed by atoms with E-state index >= 15 is 0 Å². The van der Waals surface area contributed by atoms with Crippen LogP contribution in [-0.4, -0.2) is 13.1 Å². The molecule has 14 heavy (non-hydrogen) atoms. The molecule has 1 aliphatic heterocycles. The van der Waals surface area contributed by atoms with Crippen LogP contribution in [-0.2, 0) is 6.42 Å². The summed E-state index contributed by atoms with van der Waals surface area (Å²) >= 11 is 0. The van der Waals surface area contributed by atoms with Crippen molar-refractivity contribution in [1.82, 2.24) is 5.32 Å². The predicted octanol–water partition coefficient (Wildman–Crippen LogP) is 2.37. The van der Waals surface area contributed by atoms with Crippen LogP contribution in [0.4, 0.5) is 4.39 Å². The minimum Gasteiger partial charge on any atom is -0.317 e. The highest BCUT2D eigenvalue weighted by atomic mass is 19.1. The standard InChI is InChI=1S/C12H16FN/c13-12-4-2-1-3-11(12)9-10-5-7-14-8-6-10/h1-4,10,14H,5-9H2. The fourth-order valence-electron chi connectivity index (χ4n) is 2.06. The minimum atomic E-state index is -0.0500. The zero-order valence-electron chi connectivity index (χ0n) is 8.30. The highest BCUT2D eigenvalue weighted by Crippen LogP contribution is 2.19. The van der Waals surface area contributed by atoms with Gasteiger partial charge in [-0.25, -0.2) is 4.39 Å². The summed E-state index contributed by atoms with van der Waals surface area (Å²) < 4.78 is 13.3. The summed E-state index contributed by atoms with van der Waals surface area (Å²) in [5.41, 5.74) is 0.874. The van der Waals surface area contributed by atoms with Gasteiger partial charge in [0.1, 0.15) is 5.82 Å². The molecule has 0 saturated carbocycles. The van der Waals surface area contributed by atoms with E-state index in [9.17, 15) is 4.39 Å². The van der Waals surface area contributed by atoms with Gasteiger partial charge in [0.2, 0.25) is 0 Å². The molecule has 1 nitrogen and oxygen atoms in total. The van der Waals surface area contributed by atoms with E-state index in [-0.39, 0.29) is 5.82 Å². The number of halogens is 1. The minimum absolute atomic E-state index is 0.0500. The van der Waals surface area contributed by atoms with Crippen molar-refractivity contribution in [2.75, 3.05) is 13.1 Å². The van der Waals surface area contributed by atoms with Crippen LogP contribution in [0.1, 0.15) is 18.4 Å². The molecule has 0 unspecified atom stereocenters. The highest BCUT2D eigenvalue weighted by Gasteiger charge is 2.14. The van der Waals surface area contributed by atoms with Gasteiger partial charge >= 0.3 is 0 Å². The summed E-state index contributed by atoms with van der Waals surface area (Å²) in [5.74, 6) is 0.610. The summed E-state index contributed by atoms with van der Waals surface area (Å²) in [6.45, 7) is 2.16. The maximum Gasteiger partial charge on any atom is 0.126 e. The van der Waals surface area contributed by atoms with Crippen molar-refractivity contribution in [3.05, 3.63) is 35.6 Å². The van der Waals surface area contributed by atoms with Crippen molar-refractivity contribution in [2.24, 2.45) is 5.92 Å². The van der Waals surface area contributed by atoms with Crippen LogP contribution in [0.2, 0.25) is 0 Å². The van der Waals surface area contributed by atoms with Crippen LogP contribution in [0.5, 0.6) is 0 Å². The Bertz CT molecular complexity index is 292. The third kappa shape index (κ3) is 2.32. The van der Waals surface area contributed by atoms with E-state index in [1.54, 1.807) is 12.1 Å². The Hall–Kier alpha value is -0.890. The lowest BCUT2D eigenvalue weighted by Crippen LogP contribution is -2.28. The molecule has 0 radical (unpaired) electrons. The molecule has 1 aliphatic rings. The second-order valence-corrected chi connectivity index (χ2v) is 3.99. The first-order valence-electron chi connectivity index (χ1n) is 5.30. The highest BCUT2D eigenvalue weighted by molar-refractivity contribution is 5.17. The number of hydrogen-bond acceptors (Lipinski definition) is 1. The molecular weight excluding hydrogens is 177 g/mol. The van der Waals surface area contributed by atoms with Crippen molar-refractivity contribution < 1.29 is 4.39 Å². The van der Waals surface area contributed by atoms with Gasteiger partial charge in [-0.1, -0.05) is 18.2 Å².